The van der Waals surface area contributed by atoms with E-state index in [1.165, 1.54) is 27.9 Å². The zero-order valence-electron chi connectivity index (χ0n) is 18.6. The molecule has 33 heavy (non-hydrogen) atoms. The van der Waals surface area contributed by atoms with Gasteiger partial charge < -0.3 is 5.32 Å². The monoisotopic (exact) mass is 524 g/mol. The smallest absolute Gasteiger partial charge is 0.252 e. The van der Waals surface area contributed by atoms with Crippen molar-refractivity contribution in [3.05, 3.63) is 63.4 Å². The number of benzene rings is 2. The first-order chi connectivity index (χ1) is 15.6. The van der Waals surface area contributed by atoms with E-state index in [0.29, 0.717) is 27.6 Å². The number of fused-ring (bicyclic) bond motifs is 3. The zero-order valence-corrected chi connectivity index (χ0v) is 21.7. The van der Waals surface area contributed by atoms with Crippen molar-refractivity contribution in [1.82, 2.24) is 19.9 Å². The molecule has 4 rings (SSSR count). The second kappa shape index (κ2) is 10.4. The number of aryl methyl sites for hydroxylation is 1. The number of aromatic nitrogens is 3. The molecule has 1 unspecified atom stereocenters. The molecule has 0 bridgehead atoms. The highest BCUT2D eigenvalue weighted by molar-refractivity contribution is 7.23. The third kappa shape index (κ3) is 5.32. The molecule has 1 atom stereocenters. The maximum absolute atomic E-state index is 12.2. The fourth-order valence-electron chi connectivity index (χ4n) is 3.17. The van der Waals surface area contributed by atoms with Crippen LogP contribution in [-0.2, 0) is 4.79 Å². The summed E-state index contributed by atoms with van der Waals surface area (Å²) in [6.45, 7) is 7.32. The number of thiazole rings is 1. The van der Waals surface area contributed by atoms with Gasteiger partial charge in [-0.15, -0.1) is 21.8 Å². The van der Waals surface area contributed by atoms with Gasteiger partial charge in [-0.1, -0.05) is 53.6 Å². The second-order valence-corrected chi connectivity index (χ2v) is 9.86. The Hall–Kier alpha value is -2.19. The number of carbonyl (C=O) groups is 2. The molecule has 1 amide bonds. The summed E-state index contributed by atoms with van der Waals surface area (Å²) in [5, 5.41) is 11.4. The summed E-state index contributed by atoms with van der Waals surface area (Å²) in [5.74, 6) is -0.795. The molecule has 10 heteroatoms. The van der Waals surface area contributed by atoms with Crippen molar-refractivity contribution in [2.75, 3.05) is 5.88 Å². The molecule has 0 radical (unpaired) electrons. The van der Waals surface area contributed by atoms with Gasteiger partial charge in [-0.3, -0.25) is 14.0 Å². The lowest BCUT2D eigenvalue weighted by Gasteiger charge is -2.27. The number of ketones is 1. The maximum Gasteiger partial charge on any atom is 0.252 e. The van der Waals surface area contributed by atoms with Gasteiger partial charge in [0.05, 0.1) is 21.6 Å². The standard InChI is InChI=1S/C14H16Cl3NO2.C9H7N3S/c1-4-14(3,12(19)7-15)18-13(20)9-5-10(16)8(2)11(17)6-9;1-6-3-2-4-7-8(6)12-5-10-11-9(12)13-7/h5-6H,4,7H2,1-3H3,(H,18,20);2-5H,1H3. The van der Waals surface area contributed by atoms with Gasteiger partial charge >= 0.3 is 0 Å². The number of alkyl halides is 1. The van der Waals surface area contributed by atoms with E-state index in [4.69, 9.17) is 34.8 Å². The second-order valence-electron chi connectivity index (χ2n) is 7.77. The van der Waals surface area contributed by atoms with Crippen molar-refractivity contribution < 1.29 is 9.59 Å². The van der Waals surface area contributed by atoms with Crippen molar-refractivity contribution in [3.63, 3.8) is 0 Å². The van der Waals surface area contributed by atoms with Crippen LogP contribution in [0.3, 0.4) is 0 Å². The summed E-state index contributed by atoms with van der Waals surface area (Å²) in [7, 11) is 0. The van der Waals surface area contributed by atoms with Crippen LogP contribution in [0.25, 0.3) is 15.2 Å². The minimum Gasteiger partial charge on any atom is -0.340 e. The topological polar surface area (TPSA) is 76.4 Å². The van der Waals surface area contributed by atoms with Crippen LogP contribution in [0.15, 0.2) is 36.7 Å². The van der Waals surface area contributed by atoms with E-state index in [1.807, 2.05) is 4.40 Å². The van der Waals surface area contributed by atoms with Crippen LogP contribution in [0, 0.1) is 13.8 Å². The van der Waals surface area contributed by atoms with E-state index < -0.39 is 11.4 Å². The minimum atomic E-state index is -0.997. The van der Waals surface area contributed by atoms with Crippen LogP contribution in [-0.4, -0.2) is 37.7 Å². The third-order valence-corrected chi connectivity index (χ3v) is 7.57. The molecule has 6 nitrogen and oxygen atoms in total. The number of hydrogen-bond donors (Lipinski definition) is 1. The number of halogens is 3. The third-order valence-electron chi connectivity index (χ3n) is 5.54. The highest BCUT2D eigenvalue weighted by Crippen LogP contribution is 2.27. The number of rotatable bonds is 5. The summed E-state index contributed by atoms with van der Waals surface area (Å²) >= 11 is 19.3. The summed E-state index contributed by atoms with van der Waals surface area (Å²) in [5.41, 5.74) is 2.52. The van der Waals surface area contributed by atoms with Gasteiger partial charge in [-0.05, 0) is 56.5 Å². The molecule has 0 saturated heterocycles. The van der Waals surface area contributed by atoms with Gasteiger partial charge in [0.25, 0.3) is 5.91 Å². The average molecular weight is 526 g/mol. The molecule has 1 N–H and O–H groups in total. The number of nitrogens with one attached hydrogen (secondary N) is 1. The molecule has 0 saturated carbocycles. The molecule has 0 fully saturated rings. The Bertz CT molecular complexity index is 1310. The molecule has 0 aliphatic carbocycles. The Labute approximate surface area is 210 Å². The molecule has 0 spiro atoms. The lowest BCUT2D eigenvalue weighted by atomic mass is 9.93. The van der Waals surface area contributed by atoms with Gasteiger partial charge in [0.15, 0.2) is 5.78 Å². The first kappa shape index (κ1) is 25.4. The fourth-order valence-corrected chi connectivity index (χ4v) is 4.98. The van der Waals surface area contributed by atoms with Gasteiger partial charge in [0, 0.05) is 15.6 Å². The normalized spacial score (nSPS) is 12.8. The zero-order chi connectivity index (χ0) is 24.3. The van der Waals surface area contributed by atoms with Gasteiger partial charge in [0.1, 0.15) is 6.33 Å². The summed E-state index contributed by atoms with van der Waals surface area (Å²) in [6, 6.07) is 9.34. The predicted molar refractivity (Wildman–Crippen MR) is 136 cm³/mol. The number of Topliss-reactive ketones (excluding diaryl/α,β-unsaturated/α-hetero) is 1. The van der Waals surface area contributed by atoms with Crippen molar-refractivity contribution in [2.24, 2.45) is 0 Å². The van der Waals surface area contributed by atoms with Crippen LogP contribution in [0.2, 0.25) is 10.0 Å². The van der Waals surface area contributed by atoms with Crippen LogP contribution >= 0.6 is 46.1 Å². The number of nitrogens with zero attached hydrogens (tertiary/aromatic N) is 3. The predicted octanol–water partition coefficient (Wildman–Crippen LogP) is 6.26. The minimum absolute atomic E-state index is 0.153. The Kier molecular flexibility index (Phi) is 8.00. The van der Waals surface area contributed by atoms with Gasteiger partial charge in [0.2, 0.25) is 4.96 Å². The molecule has 2 heterocycles. The molecule has 0 aliphatic heterocycles. The van der Waals surface area contributed by atoms with Gasteiger partial charge in [-0.2, -0.15) is 0 Å². The Balaban J connectivity index is 0.000000200. The average Bonchev–Trinajstić information content (AvgIpc) is 3.38. The van der Waals surface area contributed by atoms with E-state index >= 15 is 0 Å². The van der Waals surface area contributed by atoms with Gasteiger partial charge in [-0.25, -0.2) is 0 Å². The summed E-state index contributed by atoms with van der Waals surface area (Å²) < 4.78 is 3.31. The van der Waals surface area contributed by atoms with Crippen LogP contribution < -0.4 is 5.32 Å². The largest absolute Gasteiger partial charge is 0.340 e. The first-order valence-electron chi connectivity index (χ1n) is 10.2. The number of carbonyl (C=O) groups excluding carboxylic acids is 2. The van der Waals surface area contributed by atoms with Crippen LogP contribution in [0.5, 0.6) is 0 Å². The molecule has 0 aliphatic rings. The highest BCUT2D eigenvalue weighted by Gasteiger charge is 2.32. The highest BCUT2D eigenvalue weighted by atomic mass is 35.5. The molecule has 2 aromatic heterocycles. The van der Waals surface area contributed by atoms with Crippen LogP contribution in [0.1, 0.15) is 41.8 Å². The number of amides is 1. The van der Waals surface area contributed by atoms with Crippen molar-refractivity contribution in [3.8, 4) is 0 Å². The molecule has 2 aromatic carbocycles. The molecular formula is C23H23Cl3N4O2S. The van der Waals surface area contributed by atoms with Crippen molar-refractivity contribution in [1.29, 1.82) is 0 Å². The SMILES string of the molecule is CCC(C)(NC(=O)c1cc(Cl)c(C)c(Cl)c1)C(=O)CCl.Cc1cccc2sc3nncn3c12. The van der Waals surface area contributed by atoms with E-state index in [0.717, 1.165) is 4.96 Å². The van der Waals surface area contributed by atoms with Crippen molar-refractivity contribution in [2.45, 2.75) is 39.7 Å². The molecule has 174 valence electrons. The Morgan fingerprint density at radius 2 is 1.85 bits per heavy atom. The van der Waals surface area contributed by atoms with E-state index in [1.54, 1.807) is 38.4 Å². The van der Waals surface area contributed by atoms with E-state index in [2.05, 4.69) is 40.6 Å². The quantitative estimate of drug-likeness (QED) is 0.312. The first-order valence-corrected chi connectivity index (χ1v) is 12.3. The lowest BCUT2D eigenvalue weighted by Crippen LogP contribution is -2.52. The summed E-state index contributed by atoms with van der Waals surface area (Å²) in [6.07, 6.45) is 2.21. The Morgan fingerprint density at radius 1 is 1.18 bits per heavy atom. The Morgan fingerprint density at radius 3 is 2.45 bits per heavy atom. The van der Waals surface area contributed by atoms with E-state index in [9.17, 15) is 9.59 Å². The number of para-hydroxylation sites is 1. The van der Waals surface area contributed by atoms with Crippen molar-refractivity contribution >= 4 is 73.0 Å². The fraction of sp³-hybridized carbons (Fsp3) is 0.304. The maximum atomic E-state index is 12.2. The summed E-state index contributed by atoms with van der Waals surface area (Å²) in [4.78, 5) is 25.0. The van der Waals surface area contributed by atoms with E-state index in [-0.39, 0.29) is 11.7 Å². The number of hydrogen-bond acceptors (Lipinski definition) is 5. The lowest BCUT2D eigenvalue weighted by molar-refractivity contribution is -0.122. The molecule has 4 aromatic rings. The van der Waals surface area contributed by atoms with Crippen LogP contribution in [0.4, 0.5) is 0 Å². The molecular weight excluding hydrogens is 503 g/mol.